The molecular weight excluding hydrogens is 400 g/mol. The smallest absolute Gasteiger partial charge is 0.312 e. The van der Waals surface area contributed by atoms with Crippen LogP contribution in [0.4, 0.5) is 8.78 Å². The van der Waals surface area contributed by atoms with Crippen LogP contribution in [0.1, 0.15) is 55.5 Å². The van der Waals surface area contributed by atoms with Crippen LogP contribution in [0.2, 0.25) is 0 Å². The third kappa shape index (κ3) is 3.57. The summed E-state index contributed by atoms with van der Waals surface area (Å²) in [4.78, 5) is 17.1. The Kier molecular flexibility index (Phi) is 4.76. The molecule has 1 aliphatic rings. The van der Waals surface area contributed by atoms with E-state index in [2.05, 4.69) is 10.1 Å². The second-order valence-corrected chi connectivity index (χ2v) is 9.66. The first-order chi connectivity index (χ1) is 13.7. The molecule has 2 aromatic heterocycles. The largest absolute Gasteiger partial charge is 0.323 e. The maximum Gasteiger partial charge on any atom is 0.323 e. The molecule has 0 amide bonds. The van der Waals surface area contributed by atoms with Gasteiger partial charge in [0.25, 0.3) is 5.56 Å². The molecule has 2 heterocycles. The number of halogens is 2. The van der Waals surface area contributed by atoms with Gasteiger partial charge in [-0.3, -0.25) is 4.79 Å². The number of nitrogens with one attached hydrogen (secondary N) is 1. The van der Waals surface area contributed by atoms with Gasteiger partial charge in [0, 0.05) is 17.7 Å². The fourth-order valence-corrected chi connectivity index (χ4v) is 3.91. The van der Waals surface area contributed by atoms with E-state index in [1.165, 1.54) is 16.6 Å². The van der Waals surface area contributed by atoms with Crippen LogP contribution in [0.5, 0.6) is 0 Å². The van der Waals surface area contributed by atoms with Gasteiger partial charge in [0.2, 0.25) is 5.78 Å². The molecule has 0 radical (unpaired) electrons. The monoisotopic (exact) mass is 421 g/mol. The minimum Gasteiger partial charge on any atom is -0.312 e. The summed E-state index contributed by atoms with van der Waals surface area (Å²) in [5, 5.41) is 4.41. The SMILES string of the molecule is CC(C)c1cn(Cc2ccc([S@](=N)(=O)C(F)F)cc2)c2nc(C3CC3)nn2c1=O. The maximum atomic E-state index is 12.8. The van der Waals surface area contributed by atoms with Gasteiger partial charge in [0.15, 0.2) is 5.82 Å². The zero-order valence-electron chi connectivity index (χ0n) is 16.0. The summed E-state index contributed by atoms with van der Waals surface area (Å²) in [7, 11) is -4.13. The van der Waals surface area contributed by atoms with E-state index in [9.17, 15) is 17.8 Å². The molecule has 0 aliphatic heterocycles. The van der Waals surface area contributed by atoms with E-state index in [4.69, 9.17) is 4.78 Å². The number of hydrogen-bond acceptors (Lipinski definition) is 5. The van der Waals surface area contributed by atoms with Crippen molar-refractivity contribution in [2.75, 3.05) is 0 Å². The van der Waals surface area contributed by atoms with Gasteiger partial charge in [0.05, 0.1) is 11.4 Å². The molecule has 10 heteroatoms. The third-order valence-corrected chi connectivity index (χ3v) is 6.51. The molecule has 7 nitrogen and oxygen atoms in total. The summed E-state index contributed by atoms with van der Waals surface area (Å²) in [6.07, 6.45) is 3.79. The summed E-state index contributed by atoms with van der Waals surface area (Å²) in [6.45, 7) is 4.19. The van der Waals surface area contributed by atoms with E-state index in [0.717, 1.165) is 18.4 Å². The molecule has 0 spiro atoms. The van der Waals surface area contributed by atoms with Crippen LogP contribution in [-0.4, -0.2) is 29.1 Å². The molecule has 1 fully saturated rings. The van der Waals surface area contributed by atoms with E-state index in [0.29, 0.717) is 29.6 Å². The molecule has 29 heavy (non-hydrogen) atoms. The van der Waals surface area contributed by atoms with Crippen LogP contribution < -0.4 is 5.56 Å². The molecule has 1 N–H and O–H groups in total. The van der Waals surface area contributed by atoms with Crippen molar-refractivity contribution in [1.82, 2.24) is 19.2 Å². The lowest BCUT2D eigenvalue weighted by atomic mass is 10.1. The highest BCUT2D eigenvalue weighted by atomic mass is 32.2. The Morgan fingerprint density at radius 1 is 1.24 bits per heavy atom. The lowest BCUT2D eigenvalue weighted by molar-refractivity contribution is 0.241. The van der Waals surface area contributed by atoms with Crippen LogP contribution >= 0.6 is 0 Å². The maximum absolute atomic E-state index is 12.8. The van der Waals surface area contributed by atoms with E-state index in [-0.39, 0.29) is 16.4 Å². The van der Waals surface area contributed by atoms with Crippen LogP contribution in [0, 0.1) is 4.78 Å². The Labute approximate surface area is 166 Å². The molecule has 1 saturated carbocycles. The summed E-state index contributed by atoms with van der Waals surface area (Å²) in [6, 6.07) is 5.71. The first kappa shape index (κ1) is 19.7. The third-order valence-electron chi connectivity index (χ3n) is 5.04. The zero-order chi connectivity index (χ0) is 20.9. The molecular formula is C19H21F2N5O2S. The van der Waals surface area contributed by atoms with Gasteiger partial charge >= 0.3 is 5.76 Å². The Hall–Kier alpha value is -2.62. The second kappa shape index (κ2) is 7.01. The Morgan fingerprint density at radius 3 is 2.45 bits per heavy atom. The molecule has 1 aliphatic carbocycles. The van der Waals surface area contributed by atoms with Gasteiger partial charge < -0.3 is 4.57 Å². The highest BCUT2D eigenvalue weighted by Crippen LogP contribution is 2.38. The van der Waals surface area contributed by atoms with Gasteiger partial charge in [-0.25, -0.2) is 8.99 Å². The quantitative estimate of drug-likeness (QED) is 0.658. The number of rotatable bonds is 6. The molecule has 0 unspecified atom stereocenters. The number of fused-ring (bicyclic) bond motifs is 1. The van der Waals surface area contributed by atoms with Crippen LogP contribution in [-0.2, 0) is 16.3 Å². The molecule has 3 aromatic rings. The second-order valence-electron chi connectivity index (χ2n) is 7.63. The van der Waals surface area contributed by atoms with Crippen molar-refractivity contribution in [2.45, 2.75) is 55.7 Å². The number of aromatic nitrogens is 4. The number of hydrogen-bond donors (Lipinski definition) is 1. The molecule has 0 bridgehead atoms. The van der Waals surface area contributed by atoms with Gasteiger partial charge in [-0.2, -0.15) is 18.3 Å². The van der Waals surface area contributed by atoms with Gasteiger partial charge in [-0.15, -0.1) is 5.10 Å². The van der Waals surface area contributed by atoms with Crippen molar-refractivity contribution < 1.29 is 13.0 Å². The van der Waals surface area contributed by atoms with Crippen molar-refractivity contribution in [2.24, 2.45) is 0 Å². The minimum atomic E-state index is -4.13. The Balaban J connectivity index is 1.75. The van der Waals surface area contributed by atoms with Crippen molar-refractivity contribution in [3.8, 4) is 0 Å². The summed E-state index contributed by atoms with van der Waals surface area (Å²) in [5.41, 5.74) is 1.16. The molecule has 1 aromatic carbocycles. The van der Waals surface area contributed by atoms with Crippen LogP contribution in [0.15, 0.2) is 40.2 Å². The predicted octanol–water partition coefficient (Wildman–Crippen LogP) is 3.57. The fraction of sp³-hybridized carbons (Fsp3) is 0.421. The van der Waals surface area contributed by atoms with E-state index >= 15 is 0 Å². The predicted molar refractivity (Wildman–Crippen MR) is 104 cm³/mol. The number of nitrogens with zero attached hydrogens (tertiary/aromatic N) is 4. The van der Waals surface area contributed by atoms with Gasteiger partial charge in [0.1, 0.15) is 9.73 Å². The van der Waals surface area contributed by atoms with Gasteiger partial charge in [-0.05, 0) is 36.5 Å². The normalized spacial score (nSPS) is 16.6. The topological polar surface area (TPSA) is 93.1 Å². The molecule has 0 saturated heterocycles. The first-order valence-electron chi connectivity index (χ1n) is 9.33. The summed E-state index contributed by atoms with van der Waals surface area (Å²) < 4.78 is 48.0. The zero-order valence-corrected chi connectivity index (χ0v) is 16.8. The van der Waals surface area contributed by atoms with Crippen molar-refractivity contribution >= 4 is 15.5 Å². The summed E-state index contributed by atoms with van der Waals surface area (Å²) in [5.74, 6) is -1.85. The van der Waals surface area contributed by atoms with E-state index < -0.39 is 15.5 Å². The van der Waals surface area contributed by atoms with E-state index in [1.807, 2.05) is 18.4 Å². The standard InChI is InChI=1S/C19H21F2N5O2S/c1-11(2)15-10-25(19-23-16(13-5-6-13)24-26(19)17(15)27)9-12-3-7-14(8-4-12)29(22,28)18(20)21/h3-4,7-8,10-11,13,18,22H,5-6,9H2,1-2H3/t29-/m0/s1. The molecule has 1 atom stereocenters. The van der Waals surface area contributed by atoms with E-state index in [1.54, 1.807) is 18.3 Å². The van der Waals surface area contributed by atoms with Crippen molar-refractivity contribution in [3.63, 3.8) is 0 Å². The Morgan fingerprint density at radius 2 is 1.90 bits per heavy atom. The molecule has 4 rings (SSSR count). The van der Waals surface area contributed by atoms with Crippen LogP contribution in [0.3, 0.4) is 0 Å². The summed E-state index contributed by atoms with van der Waals surface area (Å²) >= 11 is 0. The fourth-order valence-electron chi connectivity index (χ4n) is 3.17. The lowest BCUT2D eigenvalue weighted by Crippen LogP contribution is -2.24. The highest BCUT2D eigenvalue weighted by Gasteiger charge is 2.29. The average molecular weight is 421 g/mol. The van der Waals surface area contributed by atoms with Gasteiger partial charge in [-0.1, -0.05) is 26.0 Å². The number of benzene rings is 1. The Bertz CT molecular complexity index is 1230. The van der Waals surface area contributed by atoms with Crippen molar-refractivity contribution in [3.05, 3.63) is 57.8 Å². The van der Waals surface area contributed by atoms with Crippen LogP contribution in [0.25, 0.3) is 5.78 Å². The minimum absolute atomic E-state index is 0.00635. The number of alkyl halides is 2. The average Bonchev–Trinajstić information content (AvgIpc) is 3.42. The molecule has 154 valence electrons. The highest BCUT2D eigenvalue weighted by molar-refractivity contribution is 7.92. The lowest BCUT2D eigenvalue weighted by Gasteiger charge is -2.13. The first-order valence-corrected chi connectivity index (χ1v) is 11.0. The van der Waals surface area contributed by atoms with Crippen molar-refractivity contribution in [1.29, 1.82) is 4.78 Å².